The molecule has 0 bridgehead atoms. The van der Waals surface area contributed by atoms with Gasteiger partial charge in [0.2, 0.25) is 11.8 Å². The Morgan fingerprint density at radius 1 is 0.800 bits per heavy atom. The lowest BCUT2D eigenvalue weighted by Gasteiger charge is -2.25. The number of pyridine rings is 1. The topological polar surface area (TPSA) is 115 Å². The van der Waals surface area contributed by atoms with E-state index < -0.39 is 11.5 Å². The Hall–Kier alpha value is -3.70. The van der Waals surface area contributed by atoms with E-state index in [4.69, 9.17) is 51.4 Å². The van der Waals surface area contributed by atoms with Crippen LogP contribution < -0.4 is 26.0 Å². The lowest BCUT2D eigenvalue weighted by atomic mass is 10.1. The molecule has 0 saturated carbocycles. The number of unbranched alkanes of at least 4 members (excludes halogenated alkanes) is 10. The number of aryl methyl sites for hydroxylation is 1. The van der Waals surface area contributed by atoms with Gasteiger partial charge in [-0.2, -0.15) is 0 Å². The first kappa shape index (κ1) is 44.0. The molecular weight excluding hydrogens is 780 g/mol. The van der Waals surface area contributed by atoms with Gasteiger partial charge in [-0.1, -0.05) is 118 Å². The summed E-state index contributed by atoms with van der Waals surface area (Å²) in [4.78, 5) is 49.0. The van der Waals surface area contributed by atoms with Gasteiger partial charge in [0, 0.05) is 37.1 Å². The van der Waals surface area contributed by atoms with E-state index in [0.29, 0.717) is 34.2 Å². The van der Waals surface area contributed by atoms with E-state index >= 15 is 0 Å². The number of aromatic nitrogens is 3. The molecule has 14 heteroatoms. The minimum atomic E-state index is -0.636. The molecule has 0 radical (unpaired) electrons. The molecule has 0 atom stereocenters. The lowest BCUT2D eigenvalue weighted by Crippen LogP contribution is -2.30. The monoisotopic (exact) mass is 831 g/mol. The minimum Gasteiger partial charge on any atom is -0.357 e. The molecule has 3 N–H and O–H groups in total. The van der Waals surface area contributed by atoms with Gasteiger partial charge in [-0.3, -0.25) is 24.4 Å². The van der Waals surface area contributed by atoms with Gasteiger partial charge in [0.05, 0.1) is 32.1 Å². The van der Waals surface area contributed by atoms with Crippen LogP contribution in [0.1, 0.15) is 110 Å². The average molecular weight is 834 g/mol. The van der Waals surface area contributed by atoms with E-state index in [1.54, 1.807) is 31.2 Å². The molecule has 2 amide bonds. The van der Waals surface area contributed by atoms with Crippen molar-refractivity contribution in [1.82, 2.24) is 14.8 Å². The second kappa shape index (κ2) is 21.6. The fourth-order valence-electron chi connectivity index (χ4n) is 6.58. The van der Waals surface area contributed by atoms with Crippen LogP contribution in [-0.4, -0.2) is 39.7 Å². The molecule has 0 spiro atoms. The van der Waals surface area contributed by atoms with Gasteiger partial charge in [-0.15, -0.1) is 0 Å². The summed E-state index contributed by atoms with van der Waals surface area (Å²) in [7, 11) is 0. The Labute approximate surface area is 344 Å². The van der Waals surface area contributed by atoms with E-state index in [-0.39, 0.29) is 38.2 Å². The van der Waals surface area contributed by atoms with Crippen LogP contribution in [0.15, 0.2) is 47.3 Å². The van der Waals surface area contributed by atoms with Crippen molar-refractivity contribution in [2.45, 2.75) is 112 Å². The number of rotatable bonds is 21. The zero-order chi connectivity index (χ0) is 40.1. The number of carbonyl (C=O) groups is 2. The summed E-state index contributed by atoms with van der Waals surface area (Å²) in [6.07, 6.45) is 13.6. The third kappa shape index (κ3) is 11.9. The highest BCUT2D eigenvalue weighted by Gasteiger charge is 2.29. The van der Waals surface area contributed by atoms with Crippen molar-refractivity contribution < 1.29 is 9.59 Å². The summed E-state index contributed by atoms with van der Waals surface area (Å²) in [5.74, 6) is 0.305. The average Bonchev–Trinajstić information content (AvgIpc) is 3.43. The number of hydrogen-bond acceptors (Lipinski definition) is 6. The van der Waals surface area contributed by atoms with Crippen LogP contribution in [0.4, 0.5) is 34.4 Å². The van der Waals surface area contributed by atoms with Crippen molar-refractivity contribution >= 4 is 92.6 Å². The first-order chi connectivity index (χ1) is 26.4. The van der Waals surface area contributed by atoms with E-state index in [0.717, 1.165) is 42.9 Å². The first-order valence-corrected chi connectivity index (χ1v) is 20.8. The van der Waals surface area contributed by atoms with Crippen LogP contribution in [0.25, 0.3) is 5.69 Å². The highest BCUT2D eigenvalue weighted by Crippen LogP contribution is 2.38. The van der Waals surface area contributed by atoms with Gasteiger partial charge >= 0.3 is 0 Å². The molecule has 0 fully saturated rings. The predicted octanol–water partition coefficient (Wildman–Crippen LogP) is 12.4. The number of hydrogen-bond donors (Lipinski definition) is 3. The summed E-state index contributed by atoms with van der Waals surface area (Å²) in [6.45, 7) is 10.9. The maximum absolute atomic E-state index is 14.4. The molecule has 0 aliphatic heterocycles. The van der Waals surface area contributed by atoms with Crippen LogP contribution in [0.3, 0.4) is 0 Å². The molecule has 2 aromatic carbocycles. The standard InChI is InChI=1S/C41H53Cl4N7O3/c1-6-9-10-11-12-13-14-15-16-17-18-19-37(54)47-30-20-21-31(43)34(26-30)48-40-39(41(55)52(49-40)38-32(44)24-29(42)25-33(38)45)51(28(5)53)35-22-23-36(46-27(35)4)50(7-2)8-3/h20-26,48-49H,6-19H2,1-5H3,(H,47,54). The van der Waals surface area contributed by atoms with E-state index in [1.165, 1.54) is 75.3 Å². The van der Waals surface area contributed by atoms with Gasteiger partial charge in [-0.25, -0.2) is 9.67 Å². The van der Waals surface area contributed by atoms with Gasteiger partial charge in [0.25, 0.3) is 5.56 Å². The van der Waals surface area contributed by atoms with Gasteiger partial charge < -0.3 is 15.5 Å². The second-order valence-corrected chi connectivity index (χ2v) is 15.3. The molecule has 0 saturated heterocycles. The van der Waals surface area contributed by atoms with Crippen molar-refractivity contribution in [2.24, 2.45) is 0 Å². The highest BCUT2D eigenvalue weighted by atomic mass is 35.5. The quantitative estimate of drug-likeness (QED) is 0.0720. The van der Waals surface area contributed by atoms with Crippen molar-refractivity contribution in [2.75, 3.05) is 33.5 Å². The normalized spacial score (nSPS) is 11.1. The number of carbonyl (C=O) groups excluding carboxylic acids is 2. The van der Waals surface area contributed by atoms with Crippen LogP contribution in [-0.2, 0) is 9.59 Å². The molecule has 0 unspecified atom stereocenters. The number of nitrogens with zero attached hydrogens (tertiary/aromatic N) is 4. The third-order valence-corrected chi connectivity index (χ3v) is 10.6. The summed E-state index contributed by atoms with van der Waals surface area (Å²) in [5.41, 5.74) is 1.26. The smallest absolute Gasteiger partial charge is 0.297 e. The van der Waals surface area contributed by atoms with Crippen molar-refractivity contribution in [3.8, 4) is 5.69 Å². The Morgan fingerprint density at radius 2 is 1.40 bits per heavy atom. The van der Waals surface area contributed by atoms with Gasteiger partial charge in [0.15, 0.2) is 11.5 Å². The molecule has 298 valence electrons. The predicted molar refractivity (Wildman–Crippen MR) is 231 cm³/mol. The summed E-state index contributed by atoms with van der Waals surface area (Å²) >= 11 is 26.0. The number of H-pyrrole nitrogens is 1. The van der Waals surface area contributed by atoms with E-state index in [2.05, 4.69) is 27.6 Å². The van der Waals surface area contributed by atoms with Crippen molar-refractivity contribution in [3.05, 3.63) is 78.6 Å². The Bertz CT molecular complexity index is 1950. The van der Waals surface area contributed by atoms with E-state index in [1.807, 2.05) is 19.9 Å². The fourth-order valence-corrected chi connectivity index (χ4v) is 7.73. The number of nitrogens with one attached hydrogen (secondary N) is 3. The summed E-state index contributed by atoms with van der Waals surface area (Å²) in [6, 6.07) is 11.5. The number of amides is 2. The van der Waals surface area contributed by atoms with Crippen LogP contribution in [0.5, 0.6) is 0 Å². The highest BCUT2D eigenvalue weighted by molar-refractivity contribution is 6.40. The largest absolute Gasteiger partial charge is 0.357 e. The van der Waals surface area contributed by atoms with Crippen LogP contribution in [0.2, 0.25) is 20.1 Å². The molecule has 55 heavy (non-hydrogen) atoms. The zero-order valence-electron chi connectivity index (χ0n) is 32.5. The molecule has 4 rings (SSSR count). The van der Waals surface area contributed by atoms with Crippen LogP contribution >= 0.6 is 46.4 Å². The summed E-state index contributed by atoms with van der Waals surface area (Å²) < 4.78 is 1.15. The van der Waals surface area contributed by atoms with Crippen molar-refractivity contribution in [3.63, 3.8) is 0 Å². The molecule has 2 heterocycles. The Kier molecular flexibility index (Phi) is 17.3. The van der Waals surface area contributed by atoms with Crippen molar-refractivity contribution in [1.29, 1.82) is 0 Å². The number of benzene rings is 2. The Balaban J connectivity index is 1.60. The van der Waals surface area contributed by atoms with Gasteiger partial charge in [0.1, 0.15) is 11.5 Å². The molecule has 0 aliphatic carbocycles. The van der Waals surface area contributed by atoms with Gasteiger partial charge in [-0.05, 0) is 69.7 Å². The fraction of sp³-hybridized carbons (Fsp3) is 0.463. The van der Waals surface area contributed by atoms with E-state index in [9.17, 15) is 14.4 Å². The molecular formula is C41H53Cl4N7O3. The minimum absolute atomic E-state index is 0.0583. The molecule has 0 aliphatic rings. The molecule has 4 aromatic rings. The molecule has 10 nitrogen and oxygen atoms in total. The lowest BCUT2D eigenvalue weighted by molar-refractivity contribution is -0.117. The number of aromatic amines is 1. The van der Waals surface area contributed by atoms with Crippen LogP contribution in [0, 0.1) is 6.92 Å². The number of halogens is 4. The molecule has 2 aromatic heterocycles. The second-order valence-electron chi connectivity index (χ2n) is 13.6. The SMILES string of the molecule is CCCCCCCCCCCCCC(=O)Nc1ccc(Cl)c(Nc2[nH]n(-c3c(Cl)cc(Cl)cc3Cl)c(=O)c2N(C(C)=O)c2ccc(N(CC)CC)nc2C)c1. The zero-order valence-corrected chi connectivity index (χ0v) is 35.5. The Morgan fingerprint density at radius 3 is 1.96 bits per heavy atom. The summed E-state index contributed by atoms with van der Waals surface area (Å²) in [5, 5.41) is 10.0. The maximum atomic E-state index is 14.4. The number of anilines is 6. The first-order valence-electron chi connectivity index (χ1n) is 19.3. The third-order valence-electron chi connectivity index (χ3n) is 9.50. The maximum Gasteiger partial charge on any atom is 0.297 e.